The summed E-state index contributed by atoms with van der Waals surface area (Å²) in [6.07, 6.45) is 57.8. The molecule has 0 saturated carbocycles. The van der Waals surface area contributed by atoms with Crippen LogP contribution >= 0.6 is 0 Å². The van der Waals surface area contributed by atoms with E-state index >= 15 is 0 Å². The molecule has 0 amide bonds. The summed E-state index contributed by atoms with van der Waals surface area (Å²) in [5.41, 5.74) is 0. The molecule has 0 radical (unpaired) electrons. The van der Waals surface area contributed by atoms with Crippen molar-refractivity contribution in [3.8, 4) is 0 Å². The second-order valence-corrected chi connectivity index (χ2v) is 16.4. The van der Waals surface area contributed by atoms with E-state index in [2.05, 4.69) is 81.5 Å². The first kappa shape index (κ1) is 56.1. The van der Waals surface area contributed by atoms with Crippen molar-refractivity contribution in [2.24, 2.45) is 0 Å². The predicted octanol–water partition coefficient (Wildman–Crippen LogP) is 16.1. The highest BCUT2D eigenvalue weighted by Crippen LogP contribution is 2.14. The van der Waals surface area contributed by atoms with E-state index in [1.165, 1.54) is 122 Å². The van der Waals surface area contributed by atoms with E-state index in [1.807, 2.05) is 0 Å². The van der Waals surface area contributed by atoms with E-state index in [1.54, 1.807) is 0 Å². The summed E-state index contributed by atoms with van der Waals surface area (Å²) in [7, 11) is 0. The summed E-state index contributed by atoms with van der Waals surface area (Å²) in [4.78, 5) is 37.8. The zero-order chi connectivity index (χ0) is 43.0. The lowest BCUT2D eigenvalue weighted by atomic mass is 10.0. The van der Waals surface area contributed by atoms with Crippen molar-refractivity contribution in [1.82, 2.24) is 0 Å². The minimum Gasteiger partial charge on any atom is -0.462 e. The molecule has 0 spiro atoms. The van der Waals surface area contributed by atoms with Crippen molar-refractivity contribution >= 4 is 17.9 Å². The molecule has 0 aromatic rings. The van der Waals surface area contributed by atoms with Gasteiger partial charge in [-0.2, -0.15) is 0 Å². The minimum atomic E-state index is -0.795. The highest BCUT2D eigenvalue weighted by atomic mass is 16.6. The first-order chi connectivity index (χ1) is 29.0. The number of hydrogen-bond acceptors (Lipinski definition) is 6. The predicted molar refractivity (Wildman–Crippen MR) is 251 cm³/mol. The van der Waals surface area contributed by atoms with Crippen LogP contribution in [-0.2, 0) is 28.6 Å². The quantitative estimate of drug-likeness (QED) is 0.0263. The van der Waals surface area contributed by atoms with Gasteiger partial charge in [0.15, 0.2) is 6.10 Å². The second-order valence-electron chi connectivity index (χ2n) is 16.4. The summed E-state index contributed by atoms with van der Waals surface area (Å²) in [6, 6.07) is 0. The fourth-order valence-electron chi connectivity index (χ4n) is 6.71. The maximum Gasteiger partial charge on any atom is 0.306 e. The number of carbonyl (C=O) groups excluding carboxylic acids is 3. The second kappa shape index (κ2) is 47.8. The monoisotopic (exact) mass is 825 g/mol. The molecular weight excluding hydrogens is 733 g/mol. The Morgan fingerprint density at radius 2 is 0.644 bits per heavy atom. The van der Waals surface area contributed by atoms with Crippen LogP contribution in [0, 0.1) is 0 Å². The van der Waals surface area contributed by atoms with Crippen LogP contribution in [-0.4, -0.2) is 37.2 Å². The Kier molecular flexibility index (Phi) is 45.4. The largest absolute Gasteiger partial charge is 0.462 e. The summed E-state index contributed by atoms with van der Waals surface area (Å²) >= 11 is 0. The molecule has 0 rings (SSSR count). The lowest BCUT2D eigenvalue weighted by Crippen LogP contribution is -2.30. The molecule has 0 N–H and O–H groups in total. The van der Waals surface area contributed by atoms with Gasteiger partial charge in [-0.3, -0.25) is 14.4 Å². The third-order valence-electron chi connectivity index (χ3n) is 10.5. The Morgan fingerprint density at radius 1 is 0.339 bits per heavy atom. The molecule has 340 valence electrons. The summed E-state index contributed by atoms with van der Waals surface area (Å²) in [5, 5.41) is 0. The molecule has 1 atom stereocenters. The number of hydrogen-bond donors (Lipinski definition) is 0. The van der Waals surface area contributed by atoms with Crippen LogP contribution in [0.15, 0.2) is 60.8 Å². The van der Waals surface area contributed by atoms with E-state index in [9.17, 15) is 14.4 Å². The van der Waals surface area contributed by atoms with Crippen molar-refractivity contribution in [2.45, 2.75) is 245 Å². The average molecular weight is 825 g/mol. The van der Waals surface area contributed by atoms with E-state index < -0.39 is 6.10 Å². The standard InChI is InChI=1S/C53H92O6/c1-4-7-10-13-16-19-22-24-25-26-27-29-31-34-37-40-43-46-52(55)58-49-50(48-57-51(54)45-42-39-36-33-30-21-18-15-12-9-6-3)59-53(56)47-44-41-38-35-32-28-23-20-17-14-11-8-5-2/h15-16,18-19,24-25,27,29,34,37,50H,4-14,17,20-23,26,28,30-33,35-36,38-49H2,1-3H3/b18-15-,19-16-,25-24-,29-27-,37-34-/t50-/m1/s1. The Hall–Kier alpha value is -2.89. The summed E-state index contributed by atoms with van der Waals surface area (Å²) in [5.74, 6) is -0.959. The highest BCUT2D eigenvalue weighted by molar-refractivity contribution is 5.71. The van der Waals surface area contributed by atoms with Crippen LogP contribution in [0.25, 0.3) is 0 Å². The topological polar surface area (TPSA) is 78.9 Å². The van der Waals surface area contributed by atoms with Gasteiger partial charge >= 0.3 is 17.9 Å². The molecule has 6 heteroatoms. The Balaban J connectivity index is 4.45. The molecule has 0 aromatic heterocycles. The minimum absolute atomic E-state index is 0.0942. The van der Waals surface area contributed by atoms with Crippen molar-refractivity contribution < 1.29 is 28.6 Å². The van der Waals surface area contributed by atoms with E-state index in [0.29, 0.717) is 19.3 Å². The molecule has 59 heavy (non-hydrogen) atoms. The number of carbonyl (C=O) groups is 3. The molecule has 0 bridgehead atoms. The summed E-state index contributed by atoms with van der Waals surface area (Å²) in [6.45, 7) is 6.51. The molecular formula is C53H92O6. The molecule has 0 unspecified atom stereocenters. The summed E-state index contributed by atoms with van der Waals surface area (Å²) < 4.78 is 16.7. The number of rotatable bonds is 44. The van der Waals surface area contributed by atoms with Crippen LogP contribution in [0.2, 0.25) is 0 Å². The van der Waals surface area contributed by atoms with Gasteiger partial charge in [0.25, 0.3) is 0 Å². The van der Waals surface area contributed by atoms with Gasteiger partial charge in [0.05, 0.1) is 0 Å². The van der Waals surface area contributed by atoms with Gasteiger partial charge in [-0.25, -0.2) is 0 Å². The van der Waals surface area contributed by atoms with Gasteiger partial charge in [-0.05, 0) is 77.0 Å². The number of esters is 3. The third kappa shape index (κ3) is 46.0. The smallest absolute Gasteiger partial charge is 0.306 e. The van der Waals surface area contributed by atoms with Crippen LogP contribution in [0.4, 0.5) is 0 Å². The van der Waals surface area contributed by atoms with Crippen LogP contribution in [0.5, 0.6) is 0 Å². The molecule has 0 heterocycles. The van der Waals surface area contributed by atoms with Crippen molar-refractivity contribution in [1.29, 1.82) is 0 Å². The van der Waals surface area contributed by atoms with Gasteiger partial charge in [0.1, 0.15) is 13.2 Å². The number of unbranched alkanes of at least 4 members (excludes halogenated alkanes) is 23. The molecule has 0 aromatic carbocycles. The maximum absolute atomic E-state index is 12.7. The fraction of sp³-hybridized carbons (Fsp3) is 0.755. The fourth-order valence-corrected chi connectivity index (χ4v) is 6.71. The molecule has 0 fully saturated rings. The number of ether oxygens (including phenoxy) is 3. The first-order valence-electron chi connectivity index (χ1n) is 24.8. The Morgan fingerprint density at radius 3 is 1.12 bits per heavy atom. The molecule has 0 saturated heterocycles. The lowest BCUT2D eigenvalue weighted by molar-refractivity contribution is -0.167. The van der Waals surface area contributed by atoms with Crippen molar-refractivity contribution in [3.63, 3.8) is 0 Å². The van der Waals surface area contributed by atoms with Gasteiger partial charge in [-0.15, -0.1) is 0 Å². The molecule has 0 aliphatic heterocycles. The van der Waals surface area contributed by atoms with Gasteiger partial charge in [0, 0.05) is 19.3 Å². The van der Waals surface area contributed by atoms with Crippen LogP contribution < -0.4 is 0 Å². The SMILES string of the molecule is CCCC/C=C\CCCCCCCC(=O)OC[C@H](COC(=O)CCC/C=C\C/C=C\C/C=C\C/C=C\CCCCC)OC(=O)CCCCCCCCCCCCCCC. The van der Waals surface area contributed by atoms with Gasteiger partial charge in [0.2, 0.25) is 0 Å². The lowest BCUT2D eigenvalue weighted by Gasteiger charge is -2.18. The first-order valence-corrected chi connectivity index (χ1v) is 24.8. The van der Waals surface area contributed by atoms with Gasteiger partial charge < -0.3 is 14.2 Å². The van der Waals surface area contributed by atoms with Crippen LogP contribution in [0.1, 0.15) is 239 Å². The van der Waals surface area contributed by atoms with Crippen molar-refractivity contribution in [3.05, 3.63) is 60.8 Å². The average Bonchev–Trinajstić information content (AvgIpc) is 3.23. The molecule has 0 aliphatic rings. The maximum atomic E-state index is 12.7. The molecule has 6 nitrogen and oxygen atoms in total. The van der Waals surface area contributed by atoms with E-state index in [0.717, 1.165) is 70.6 Å². The van der Waals surface area contributed by atoms with E-state index in [-0.39, 0.29) is 37.5 Å². The van der Waals surface area contributed by atoms with Crippen molar-refractivity contribution in [2.75, 3.05) is 13.2 Å². The van der Waals surface area contributed by atoms with E-state index in [4.69, 9.17) is 14.2 Å². The zero-order valence-corrected chi connectivity index (χ0v) is 38.8. The normalized spacial score (nSPS) is 12.5. The Bertz CT molecular complexity index is 1090. The third-order valence-corrected chi connectivity index (χ3v) is 10.5. The number of allylic oxidation sites excluding steroid dienone is 10. The zero-order valence-electron chi connectivity index (χ0n) is 38.8. The van der Waals surface area contributed by atoms with Gasteiger partial charge in [-0.1, -0.05) is 204 Å². The Labute approximate surface area is 364 Å². The highest BCUT2D eigenvalue weighted by Gasteiger charge is 2.19. The van der Waals surface area contributed by atoms with Crippen LogP contribution in [0.3, 0.4) is 0 Å². The molecule has 0 aliphatic carbocycles.